The van der Waals surface area contributed by atoms with Crippen molar-refractivity contribution in [3.63, 3.8) is 0 Å². The van der Waals surface area contributed by atoms with Crippen LogP contribution in [0.4, 0.5) is 20.4 Å². The highest BCUT2D eigenvalue weighted by atomic mass is 19.1. The Hall–Kier alpha value is -5.90. The van der Waals surface area contributed by atoms with Gasteiger partial charge in [-0.05, 0) is 47.5 Å². The molecule has 214 valence electrons. The van der Waals surface area contributed by atoms with Gasteiger partial charge in [0.2, 0.25) is 0 Å². The van der Waals surface area contributed by atoms with Gasteiger partial charge in [0.05, 0.1) is 18.2 Å². The van der Waals surface area contributed by atoms with Gasteiger partial charge in [0.15, 0.2) is 11.6 Å². The zero-order valence-corrected chi connectivity index (χ0v) is 22.9. The molecular weight excluding hydrogens is 550 g/mol. The van der Waals surface area contributed by atoms with Gasteiger partial charge < -0.3 is 21.3 Å². The first-order valence-electron chi connectivity index (χ1n) is 13.0. The molecule has 10 heteroatoms. The Morgan fingerprint density at radius 2 is 1.05 bits per heavy atom. The number of methoxy groups -OCH3 is 1. The number of halogens is 2. The number of aromatic hydroxyl groups is 1. The molecule has 8 nitrogen and oxygen atoms in total. The van der Waals surface area contributed by atoms with Crippen LogP contribution < -0.4 is 16.2 Å². The van der Waals surface area contributed by atoms with E-state index in [0.29, 0.717) is 28.4 Å². The third-order valence-corrected chi connectivity index (χ3v) is 6.51. The van der Waals surface area contributed by atoms with Crippen molar-refractivity contribution in [2.45, 2.75) is 0 Å². The van der Waals surface area contributed by atoms with E-state index in [9.17, 15) is 13.9 Å². The van der Waals surface area contributed by atoms with Crippen molar-refractivity contribution in [3.05, 3.63) is 121 Å². The fraction of sp³-hybridized carbons (Fsp3) is 0.0303. The van der Waals surface area contributed by atoms with Crippen LogP contribution in [0.1, 0.15) is 0 Å². The van der Waals surface area contributed by atoms with E-state index in [-0.39, 0.29) is 28.4 Å². The number of rotatable bonds is 5. The van der Waals surface area contributed by atoms with Crippen molar-refractivity contribution in [2.24, 2.45) is 0 Å². The summed E-state index contributed by atoms with van der Waals surface area (Å²) in [6, 6.07) is 31.0. The molecule has 5 N–H and O–H groups in total. The molecule has 0 aliphatic carbocycles. The molecule has 0 atom stereocenters. The molecule has 0 bridgehead atoms. The number of benzene rings is 4. The molecule has 6 rings (SSSR count). The zero-order chi connectivity index (χ0) is 30.3. The molecule has 0 spiro atoms. The Morgan fingerprint density at radius 1 is 0.581 bits per heavy atom. The number of ether oxygens (including phenoxy) is 1. The SMILES string of the molecule is COc1cccc(F)c1-c1cc(-c2ccccc2)c(N)nn1.Nc1nnc(-c2c(O)cccc2F)cc1-c1ccccc1. The van der Waals surface area contributed by atoms with Crippen LogP contribution in [-0.4, -0.2) is 32.6 Å². The molecule has 0 radical (unpaired) electrons. The lowest BCUT2D eigenvalue weighted by Crippen LogP contribution is -2.00. The average molecular weight is 577 g/mol. The number of anilines is 2. The Balaban J connectivity index is 0.000000171. The number of nitrogen functional groups attached to an aromatic ring is 2. The van der Waals surface area contributed by atoms with Crippen LogP contribution in [0, 0.1) is 11.6 Å². The molecule has 0 fully saturated rings. The predicted octanol–water partition coefficient (Wildman–Crippen LogP) is 6.78. The number of hydrogen-bond acceptors (Lipinski definition) is 8. The van der Waals surface area contributed by atoms with Gasteiger partial charge in [-0.1, -0.05) is 72.8 Å². The van der Waals surface area contributed by atoms with Gasteiger partial charge in [-0.15, -0.1) is 20.4 Å². The lowest BCUT2D eigenvalue weighted by molar-refractivity contribution is 0.413. The zero-order valence-electron chi connectivity index (χ0n) is 22.9. The van der Waals surface area contributed by atoms with Gasteiger partial charge in [-0.25, -0.2) is 8.78 Å². The van der Waals surface area contributed by atoms with Crippen LogP contribution in [0.3, 0.4) is 0 Å². The summed E-state index contributed by atoms with van der Waals surface area (Å²) < 4.78 is 33.3. The summed E-state index contributed by atoms with van der Waals surface area (Å²) in [4.78, 5) is 0. The second-order valence-corrected chi connectivity index (χ2v) is 9.24. The van der Waals surface area contributed by atoms with Gasteiger partial charge >= 0.3 is 0 Å². The summed E-state index contributed by atoms with van der Waals surface area (Å²) in [5.41, 5.74) is 15.7. The van der Waals surface area contributed by atoms with E-state index in [4.69, 9.17) is 16.2 Å². The number of aromatic nitrogens is 4. The Morgan fingerprint density at radius 3 is 1.53 bits per heavy atom. The van der Waals surface area contributed by atoms with E-state index < -0.39 is 11.6 Å². The standard InChI is InChI=1S/C17H14FN3O.C16H12FN3O/c1-22-15-9-5-8-13(18)16(15)14-10-12(17(19)21-20-14)11-6-3-2-4-7-11;17-12-7-4-8-14(21)15(12)13-9-11(16(18)20-19-13)10-5-2-1-3-6-10/h2-10H,1H3,(H2,19,21);1-9,21H,(H2,18,20). The number of hydrogen-bond donors (Lipinski definition) is 3. The van der Waals surface area contributed by atoms with Gasteiger partial charge in [0, 0.05) is 11.1 Å². The third kappa shape index (κ3) is 6.23. The molecule has 0 unspecified atom stereocenters. The maximum atomic E-state index is 14.2. The van der Waals surface area contributed by atoms with Crippen molar-refractivity contribution in [3.8, 4) is 56.3 Å². The summed E-state index contributed by atoms with van der Waals surface area (Å²) >= 11 is 0. The lowest BCUT2D eigenvalue weighted by atomic mass is 10.0. The fourth-order valence-electron chi connectivity index (χ4n) is 4.43. The van der Waals surface area contributed by atoms with E-state index >= 15 is 0 Å². The third-order valence-electron chi connectivity index (χ3n) is 6.51. The van der Waals surface area contributed by atoms with E-state index in [1.165, 1.54) is 31.4 Å². The number of nitrogens with zero attached hydrogens (tertiary/aromatic N) is 4. The van der Waals surface area contributed by atoms with Crippen LogP contribution in [0.15, 0.2) is 109 Å². The first-order chi connectivity index (χ1) is 20.9. The molecule has 4 aromatic carbocycles. The second-order valence-electron chi connectivity index (χ2n) is 9.24. The monoisotopic (exact) mass is 576 g/mol. The molecule has 43 heavy (non-hydrogen) atoms. The molecule has 0 saturated carbocycles. The summed E-state index contributed by atoms with van der Waals surface area (Å²) in [7, 11) is 1.49. The minimum absolute atomic E-state index is 0.0159. The smallest absolute Gasteiger partial charge is 0.154 e. The van der Waals surface area contributed by atoms with Gasteiger partial charge in [0.25, 0.3) is 0 Å². The summed E-state index contributed by atoms with van der Waals surface area (Å²) in [5, 5.41) is 25.5. The molecule has 6 aromatic rings. The summed E-state index contributed by atoms with van der Waals surface area (Å²) in [5.74, 6) is -0.220. The van der Waals surface area contributed by atoms with Crippen molar-refractivity contribution in [2.75, 3.05) is 18.6 Å². The number of nitrogens with two attached hydrogens (primary N) is 2. The maximum Gasteiger partial charge on any atom is 0.154 e. The van der Waals surface area contributed by atoms with Crippen molar-refractivity contribution in [1.29, 1.82) is 0 Å². The highest BCUT2D eigenvalue weighted by Gasteiger charge is 2.17. The van der Waals surface area contributed by atoms with E-state index in [1.54, 1.807) is 24.3 Å². The van der Waals surface area contributed by atoms with Crippen molar-refractivity contribution in [1.82, 2.24) is 20.4 Å². The fourth-order valence-corrected chi connectivity index (χ4v) is 4.43. The summed E-state index contributed by atoms with van der Waals surface area (Å²) in [6.45, 7) is 0. The number of phenolic OH excluding ortho intramolecular Hbond substituents is 1. The minimum Gasteiger partial charge on any atom is -0.507 e. The average Bonchev–Trinajstić information content (AvgIpc) is 3.03. The van der Waals surface area contributed by atoms with Gasteiger partial charge in [0.1, 0.15) is 34.5 Å². The topological polar surface area (TPSA) is 133 Å². The van der Waals surface area contributed by atoms with Crippen LogP contribution in [0.2, 0.25) is 0 Å². The normalized spacial score (nSPS) is 10.5. The van der Waals surface area contributed by atoms with E-state index in [1.807, 2.05) is 60.7 Å². The first kappa shape index (κ1) is 28.6. The van der Waals surface area contributed by atoms with Crippen molar-refractivity contribution < 1.29 is 18.6 Å². The molecule has 2 aromatic heterocycles. The predicted molar refractivity (Wildman–Crippen MR) is 163 cm³/mol. The van der Waals surface area contributed by atoms with Crippen LogP contribution in [0.25, 0.3) is 44.8 Å². The second kappa shape index (κ2) is 12.7. The van der Waals surface area contributed by atoms with E-state index in [0.717, 1.165) is 11.1 Å². The molecular formula is C33H26F2N6O2. The summed E-state index contributed by atoms with van der Waals surface area (Å²) in [6.07, 6.45) is 0. The molecule has 0 aliphatic heterocycles. The Labute approximate surface area is 246 Å². The molecule has 0 amide bonds. The van der Waals surface area contributed by atoms with Crippen molar-refractivity contribution >= 4 is 11.6 Å². The minimum atomic E-state index is -0.562. The molecule has 0 aliphatic rings. The van der Waals surface area contributed by atoms with Gasteiger partial charge in [-0.3, -0.25) is 0 Å². The highest BCUT2D eigenvalue weighted by Crippen LogP contribution is 2.35. The first-order valence-corrected chi connectivity index (χ1v) is 13.0. The molecule has 0 saturated heterocycles. The van der Waals surface area contributed by atoms with Crippen LogP contribution >= 0.6 is 0 Å². The van der Waals surface area contributed by atoms with E-state index in [2.05, 4.69) is 20.4 Å². The molecule has 2 heterocycles. The quantitative estimate of drug-likeness (QED) is 0.205. The lowest BCUT2D eigenvalue weighted by Gasteiger charge is -2.11. The maximum absolute atomic E-state index is 14.2. The van der Waals surface area contributed by atoms with Crippen LogP contribution in [-0.2, 0) is 0 Å². The Bertz CT molecular complexity index is 1850. The largest absolute Gasteiger partial charge is 0.507 e. The number of phenols is 1. The Kier molecular flexibility index (Phi) is 8.48. The highest BCUT2D eigenvalue weighted by molar-refractivity contribution is 5.80. The van der Waals surface area contributed by atoms with Gasteiger partial charge in [-0.2, -0.15) is 0 Å². The van der Waals surface area contributed by atoms with Crippen LogP contribution in [0.5, 0.6) is 11.5 Å².